The van der Waals surface area contributed by atoms with Crippen molar-refractivity contribution in [1.82, 2.24) is 5.32 Å². The second kappa shape index (κ2) is 6.37. The van der Waals surface area contributed by atoms with E-state index in [4.69, 9.17) is 21.2 Å². The third-order valence-corrected chi connectivity index (χ3v) is 3.83. The summed E-state index contributed by atoms with van der Waals surface area (Å²) in [6, 6.07) is 0.558. The minimum absolute atomic E-state index is 0.0602. The summed E-state index contributed by atoms with van der Waals surface area (Å²) in [4.78, 5) is 20.7. The summed E-state index contributed by atoms with van der Waals surface area (Å²) in [7, 11) is 0.779. The second-order valence-electron chi connectivity index (χ2n) is 3.35. The highest BCUT2D eigenvalue weighted by molar-refractivity contribution is 9.10. The van der Waals surface area contributed by atoms with Gasteiger partial charge in [0.05, 0.1) is 4.47 Å². The van der Waals surface area contributed by atoms with Crippen molar-refractivity contribution < 1.29 is 27.1 Å². The number of urea groups is 1. The Kier molecular flexibility index (Phi) is 5.31. The fourth-order valence-electron chi connectivity index (χ4n) is 1.12. The SMILES string of the molecule is NC(=O)NC(=O)COc1cc(F)c(S(=O)(=O)Cl)cc1Br. The van der Waals surface area contributed by atoms with Crippen molar-refractivity contribution in [3.63, 3.8) is 0 Å². The number of ether oxygens (including phenoxy) is 1. The molecule has 3 N–H and O–H groups in total. The highest BCUT2D eigenvalue weighted by Crippen LogP contribution is 2.31. The molecular weight excluding hydrogens is 383 g/mol. The number of halogens is 3. The van der Waals surface area contributed by atoms with Crippen molar-refractivity contribution in [1.29, 1.82) is 0 Å². The Morgan fingerprint density at radius 1 is 1.45 bits per heavy atom. The van der Waals surface area contributed by atoms with Crippen LogP contribution >= 0.6 is 26.6 Å². The van der Waals surface area contributed by atoms with Crippen molar-refractivity contribution in [2.75, 3.05) is 6.61 Å². The number of nitrogens with two attached hydrogens (primary N) is 1. The minimum Gasteiger partial charge on any atom is -0.482 e. The number of carbonyl (C=O) groups is 2. The van der Waals surface area contributed by atoms with Crippen LogP contribution in [0.2, 0.25) is 0 Å². The lowest BCUT2D eigenvalue weighted by Crippen LogP contribution is -2.38. The minimum atomic E-state index is -4.25. The van der Waals surface area contributed by atoms with Crippen LogP contribution in [0.5, 0.6) is 5.75 Å². The third kappa shape index (κ3) is 4.62. The van der Waals surface area contributed by atoms with Crippen LogP contribution in [0.4, 0.5) is 9.18 Å². The van der Waals surface area contributed by atoms with Gasteiger partial charge in [-0.15, -0.1) is 0 Å². The number of carbonyl (C=O) groups excluding carboxylic acids is 2. The van der Waals surface area contributed by atoms with E-state index in [2.05, 4.69) is 15.9 Å². The standard InChI is InChI=1S/C9H7BrClFN2O5S/c10-4-1-7(20(11,17)18)5(12)2-6(4)19-3-8(15)14-9(13)16/h1-2H,3H2,(H3,13,14,15,16). The first-order valence-electron chi connectivity index (χ1n) is 4.77. The van der Waals surface area contributed by atoms with Crippen LogP contribution in [0.25, 0.3) is 0 Å². The number of hydrogen-bond donors (Lipinski definition) is 2. The van der Waals surface area contributed by atoms with Gasteiger partial charge in [0.15, 0.2) is 6.61 Å². The van der Waals surface area contributed by atoms with E-state index in [1.54, 1.807) is 5.32 Å². The molecular formula is C9H7BrClFN2O5S. The van der Waals surface area contributed by atoms with Gasteiger partial charge in [0.25, 0.3) is 15.0 Å². The number of nitrogens with one attached hydrogen (secondary N) is 1. The summed E-state index contributed by atoms with van der Waals surface area (Å²) in [5.41, 5.74) is 4.71. The molecule has 0 unspecified atom stereocenters. The van der Waals surface area contributed by atoms with Gasteiger partial charge in [0, 0.05) is 16.7 Å². The van der Waals surface area contributed by atoms with Gasteiger partial charge in [-0.2, -0.15) is 0 Å². The molecule has 0 aromatic heterocycles. The van der Waals surface area contributed by atoms with Crippen molar-refractivity contribution in [3.8, 4) is 5.75 Å². The molecule has 3 amide bonds. The Bertz CT molecular complexity index is 667. The molecule has 0 radical (unpaired) electrons. The van der Waals surface area contributed by atoms with Gasteiger partial charge >= 0.3 is 6.03 Å². The van der Waals surface area contributed by atoms with Crippen LogP contribution in [-0.4, -0.2) is 27.0 Å². The van der Waals surface area contributed by atoms with Gasteiger partial charge in [0.1, 0.15) is 16.5 Å². The normalized spacial score (nSPS) is 10.9. The van der Waals surface area contributed by atoms with Crippen LogP contribution in [-0.2, 0) is 13.8 Å². The molecule has 0 aliphatic heterocycles. The van der Waals surface area contributed by atoms with Crippen LogP contribution in [0.1, 0.15) is 0 Å². The molecule has 0 saturated carbocycles. The largest absolute Gasteiger partial charge is 0.482 e. The summed E-state index contributed by atoms with van der Waals surface area (Å²) in [5, 5.41) is 1.73. The third-order valence-electron chi connectivity index (χ3n) is 1.87. The Morgan fingerprint density at radius 3 is 2.55 bits per heavy atom. The predicted molar refractivity (Wildman–Crippen MR) is 70.4 cm³/mol. The molecule has 7 nitrogen and oxygen atoms in total. The van der Waals surface area contributed by atoms with Crippen molar-refractivity contribution in [2.24, 2.45) is 5.73 Å². The zero-order chi connectivity index (χ0) is 15.5. The van der Waals surface area contributed by atoms with E-state index >= 15 is 0 Å². The highest BCUT2D eigenvalue weighted by Gasteiger charge is 2.19. The van der Waals surface area contributed by atoms with E-state index in [-0.39, 0.29) is 10.2 Å². The van der Waals surface area contributed by atoms with Gasteiger partial charge < -0.3 is 10.5 Å². The van der Waals surface area contributed by atoms with Crippen molar-refractivity contribution >= 4 is 47.6 Å². The van der Waals surface area contributed by atoms with E-state index < -0.39 is 38.3 Å². The fraction of sp³-hybridized carbons (Fsp3) is 0.111. The highest BCUT2D eigenvalue weighted by atomic mass is 79.9. The maximum atomic E-state index is 13.5. The van der Waals surface area contributed by atoms with Crippen molar-refractivity contribution in [2.45, 2.75) is 4.90 Å². The molecule has 110 valence electrons. The van der Waals surface area contributed by atoms with Gasteiger partial charge in [-0.1, -0.05) is 0 Å². The lowest BCUT2D eigenvalue weighted by atomic mass is 10.3. The maximum absolute atomic E-state index is 13.5. The number of primary amides is 1. The summed E-state index contributed by atoms with van der Waals surface area (Å²) in [6.45, 7) is -0.617. The lowest BCUT2D eigenvalue weighted by molar-refractivity contribution is -0.121. The van der Waals surface area contributed by atoms with E-state index in [1.165, 1.54) is 0 Å². The Labute approximate surface area is 125 Å². The molecule has 0 atom stereocenters. The van der Waals surface area contributed by atoms with Crippen LogP contribution in [0, 0.1) is 5.82 Å². The van der Waals surface area contributed by atoms with Gasteiger partial charge in [-0.3, -0.25) is 10.1 Å². The molecule has 0 heterocycles. The van der Waals surface area contributed by atoms with Crippen LogP contribution in [0.3, 0.4) is 0 Å². The number of benzene rings is 1. The van der Waals surface area contributed by atoms with E-state index in [0.29, 0.717) is 0 Å². The molecule has 20 heavy (non-hydrogen) atoms. The quantitative estimate of drug-likeness (QED) is 0.748. The molecule has 0 saturated heterocycles. The molecule has 1 rings (SSSR count). The summed E-state index contributed by atoms with van der Waals surface area (Å²) >= 11 is 2.94. The average molecular weight is 390 g/mol. The average Bonchev–Trinajstić information content (AvgIpc) is 2.27. The second-order valence-corrected chi connectivity index (χ2v) is 6.74. The number of amides is 3. The molecule has 0 fully saturated rings. The summed E-state index contributed by atoms with van der Waals surface area (Å²) in [6.07, 6.45) is 0. The Hall–Kier alpha value is -1.39. The molecule has 1 aromatic rings. The first-order valence-corrected chi connectivity index (χ1v) is 7.87. The zero-order valence-electron chi connectivity index (χ0n) is 9.52. The first kappa shape index (κ1) is 16.7. The maximum Gasteiger partial charge on any atom is 0.318 e. The van der Waals surface area contributed by atoms with E-state index in [9.17, 15) is 22.4 Å². The Balaban J connectivity index is 2.91. The number of hydrogen-bond acceptors (Lipinski definition) is 5. The summed E-state index contributed by atoms with van der Waals surface area (Å²) in [5.74, 6) is -2.14. The van der Waals surface area contributed by atoms with Crippen LogP contribution in [0.15, 0.2) is 21.5 Å². The van der Waals surface area contributed by atoms with Gasteiger partial charge in [0.2, 0.25) is 0 Å². The van der Waals surface area contributed by atoms with Crippen LogP contribution < -0.4 is 15.8 Å². The Morgan fingerprint density at radius 2 is 2.05 bits per heavy atom. The first-order chi connectivity index (χ1) is 9.11. The van der Waals surface area contributed by atoms with Crippen molar-refractivity contribution in [3.05, 3.63) is 22.4 Å². The molecule has 1 aromatic carbocycles. The topological polar surface area (TPSA) is 116 Å². The van der Waals surface area contributed by atoms with E-state index in [1.807, 2.05) is 0 Å². The smallest absolute Gasteiger partial charge is 0.318 e. The number of imide groups is 1. The van der Waals surface area contributed by atoms with Gasteiger partial charge in [-0.25, -0.2) is 17.6 Å². The van der Waals surface area contributed by atoms with Gasteiger partial charge in [-0.05, 0) is 22.0 Å². The molecule has 0 spiro atoms. The molecule has 0 aliphatic carbocycles. The lowest BCUT2D eigenvalue weighted by Gasteiger charge is -2.09. The molecule has 0 bridgehead atoms. The zero-order valence-corrected chi connectivity index (χ0v) is 12.7. The monoisotopic (exact) mass is 388 g/mol. The molecule has 11 heteroatoms. The fourth-order valence-corrected chi connectivity index (χ4v) is 2.64. The number of rotatable bonds is 4. The van der Waals surface area contributed by atoms with E-state index in [0.717, 1.165) is 12.1 Å². The summed E-state index contributed by atoms with van der Waals surface area (Å²) < 4.78 is 40.6. The predicted octanol–water partition coefficient (Wildman–Crippen LogP) is 1.09. The molecule has 0 aliphatic rings.